The molecule has 2 aromatic carbocycles. The lowest BCUT2D eigenvalue weighted by molar-refractivity contribution is -0.384. The van der Waals surface area contributed by atoms with Gasteiger partial charge in [-0.25, -0.2) is 4.79 Å². The van der Waals surface area contributed by atoms with Gasteiger partial charge in [-0.3, -0.25) is 10.1 Å². The molecule has 0 aliphatic carbocycles. The van der Waals surface area contributed by atoms with E-state index in [1.54, 1.807) is 0 Å². The fourth-order valence-electron chi connectivity index (χ4n) is 1.72. The van der Waals surface area contributed by atoms with Crippen LogP contribution in [-0.2, 0) is 6.54 Å². The highest BCUT2D eigenvalue weighted by molar-refractivity contribution is 9.10. The molecular formula is C14H11BrClN3O3. The molecule has 2 aromatic rings. The van der Waals surface area contributed by atoms with Crippen LogP contribution in [0.25, 0.3) is 0 Å². The van der Waals surface area contributed by atoms with E-state index < -0.39 is 11.0 Å². The summed E-state index contributed by atoms with van der Waals surface area (Å²) in [5, 5.41) is 16.1. The van der Waals surface area contributed by atoms with Crippen molar-refractivity contribution in [1.82, 2.24) is 5.32 Å². The van der Waals surface area contributed by atoms with E-state index in [4.69, 9.17) is 11.6 Å². The standard InChI is InChI=1S/C14H11BrClN3O3/c15-10-3-1-2-9(6-10)8-17-14(20)18-13-7-11(19(21)22)4-5-12(13)16/h1-7H,8H2,(H2,17,18,20). The van der Waals surface area contributed by atoms with E-state index in [0.717, 1.165) is 10.0 Å². The molecule has 0 bridgehead atoms. The van der Waals surface area contributed by atoms with E-state index in [9.17, 15) is 14.9 Å². The minimum absolute atomic E-state index is 0.147. The van der Waals surface area contributed by atoms with Crippen molar-refractivity contribution in [3.8, 4) is 0 Å². The number of anilines is 1. The van der Waals surface area contributed by atoms with E-state index in [1.807, 2.05) is 24.3 Å². The molecule has 0 spiro atoms. The normalized spacial score (nSPS) is 10.1. The molecule has 0 saturated carbocycles. The molecule has 8 heteroatoms. The van der Waals surface area contributed by atoms with Crippen LogP contribution in [0.15, 0.2) is 46.9 Å². The molecule has 0 heterocycles. The average molecular weight is 385 g/mol. The third kappa shape index (κ3) is 4.44. The molecule has 2 amide bonds. The van der Waals surface area contributed by atoms with Crippen molar-refractivity contribution < 1.29 is 9.72 Å². The minimum Gasteiger partial charge on any atom is -0.334 e. The van der Waals surface area contributed by atoms with Crippen molar-refractivity contribution in [2.45, 2.75) is 6.54 Å². The molecule has 0 saturated heterocycles. The Hall–Kier alpha value is -2.12. The number of nitrogens with zero attached hydrogens (tertiary/aromatic N) is 1. The first-order valence-electron chi connectivity index (χ1n) is 6.19. The summed E-state index contributed by atoms with van der Waals surface area (Å²) in [6.07, 6.45) is 0. The van der Waals surface area contributed by atoms with Crippen LogP contribution in [-0.4, -0.2) is 11.0 Å². The Labute approximate surface area is 139 Å². The Morgan fingerprint density at radius 3 is 2.73 bits per heavy atom. The Morgan fingerprint density at radius 2 is 2.05 bits per heavy atom. The molecule has 114 valence electrons. The Bertz CT molecular complexity index is 724. The second-order valence-corrected chi connectivity index (χ2v) is 5.68. The second-order valence-electron chi connectivity index (χ2n) is 4.36. The summed E-state index contributed by atoms with van der Waals surface area (Å²) in [4.78, 5) is 22.0. The number of rotatable bonds is 4. The number of carbonyl (C=O) groups is 1. The van der Waals surface area contributed by atoms with Crippen LogP contribution >= 0.6 is 27.5 Å². The highest BCUT2D eigenvalue weighted by atomic mass is 79.9. The predicted octanol–water partition coefficient (Wildman–Crippen LogP) is 4.33. The number of hydrogen-bond donors (Lipinski definition) is 2. The molecule has 0 unspecified atom stereocenters. The average Bonchev–Trinajstić information content (AvgIpc) is 2.47. The van der Waals surface area contributed by atoms with Crippen molar-refractivity contribution >= 4 is 44.9 Å². The van der Waals surface area contributed by atoms with Gasteiger partial charge in [0.1, 0.15) is 0 Å². The summed E-state index contributed by atoms with van der Waals surface area (Å²) in [7, 11) is 0. The summed E-state index contributed by atoms with van der Waals surface area (Å²) in [6, 6.07) is 10.8. The van der Waals surface area contributed by atoms with Gasteiger partial charge in [0.25, 0.3) is 5.69 Å². The fourth-order valence-corrected chi connectivity index (χ4v) is 2.33. The fraction of sp³-hybridized carbons (Fsp3) is 0.0714. The molecular weight excluding hydrogens is 374 g/mol. The first-order chi connectivity index (χ1) is 10.5. The summed E-state index contributed by atoms with van der Waals surface area (Å²) < 4.78 is 0.911. The lowest BCUT2D eigenvalue weighted by atomic mass is 10.2. The van der Waals surface area contributed by atoms with Crippen LogP contribution in [0.3, 0.4) is 0 Å². The van der Waals surface area contributed by atoms with Gasteiger partial charge in [0.2, 0.25) is 0 Å². The van der Waals surface area contributed by atoms with Gasteiger partial charge >= 0.3 is 6.03 Å². The number of nitro groups is 1. The topological polar surface area (TPSA) is 84.3 Å². The van der Waals surface area contributed by atoms with E-state index in [0.29, 0.717) is 6.54 Å². The van der Waals surface area contributed by atoms with Gasteiger partial charge in [0.05, 0.1) is 15.6 Å². The summed E-state index contributed by atoms with van der Waals surface area (Å²) in [6.45, 7) is 0.317. The first-order valence-corrected chi connectivity index (χ1v) is 7.36. The van der Waals surface area contributed by atoms with Crippen molar-refractivity contribution in [3.05, 3.63) is 67.6 Å². The quantitative estimate of drug-likeness (QED) is 0.608. The highest BCUT2D eigenvalue weighted by Crippen LogP contribution is 2.26. The van der Waals surface area contributed by atoms with Crippen LogP contribution in [0.1, 0.15) is 5.56 Å². The maximum atomic E-state index is 11.8. The van der Waals surface area contributed by atoms with Crippen molar-refractivity contribution in [2.75, 3.05) is 5.32 Å². The molecule has 6 nitrogen and oxygen atoms in total. The second kappa shape index (κ2) is 7.24. The van der Waals surface area contributed by atoms with Gasteiger partial charge in [0.15, 0.2) is 0 Å². The molecule has 0 fully saturated rings. The van der Waals surface area contributed by atoms with E-state index in [2.05, 4.69) is 26.6 Å². The number of nitro benzene ring substituents is 1. The van der Waals surface area contributed by atoms with Crippen molar-refractivity contribution in [1.29, 1.82) is 0 Å². The third-order valence-corrected chi connectivity index (χ3v) is 3.57. The van der Waals surface area contributed by atoms with Gasteiger partial charge in [-0.15, -0.1) is 0 Å². The molecule has 2 rings (SSSR count). The van der Waals surface area contributed by atoms with E-state index in [1.165, 1.54) is 18.2 Å². The molecule has 0 radical (unpaired) electrons. The third-order valence-electron chi connectivity index (χ3n) is 2.75. The van der Waals surface area contributed by atoms with Crippen molar-refractivity contribution in [3.63, 3.8) is 0 Å². The van der Waals surface area contributed by atoms with Crippen LogP contribution in [0.5, 0.6) is 0 Å². The smallest absolute Gasteiger partial charge is 0.319 e. The highest BCUT2D eigenvalue weighted by Gasteiger charge is 2.11. The number of non-ortho nitro benzene ring substituents is 1. The molecule has 0 aliphatic heterocycles. The number of nitrogens with one attached hydrogen (secondary N) is 2. The van der Waals surface area contributed by atoms with Crippen LogP contribution in [0.4, 0.5) is 16.2 Å². The van der Waals surface area contributed by atoms with Crippen LogP contribution in [0.2, 0.25) is 5.02 Å². The van der Waals surface area contributed by atoms with Gasteiger partial charge in [-0.05, 0) is 23.8 Å². The number of benzene rings is 2. The number of halogens is 2. The zero-order valence-corrected chi connectivity index (χ0v) is 13.5. The van der Waals surface area contributed by atoms with E-state index >= 15 is 0 Å². The molecule has 0 aliphatic rings. The largest absolute Gasteiger partial charge is 0.334 e. The zero-order valence-electron chi connectivity index (χ0n) is 11.2. The number of hydrogen-bond acceptors (Lipinski definition) is 3. The van der Waals surface area contributed by atoms with Gasteiger partial charge in [0, 0.05) is 23.2 Å². The first kappa shape index (κ1) is 16.3. The Balaban J connectivity index is 2.00. The zero-order chi connectivity index (χ0) is 16.1. The Kier molecular flexibility index (Phi) is 5.35. The molecule has 22 heavy (non-hydrogen) atoms. The van der Waals surface area contributed by atoms with Gasteiger partial charge in [-0.2, -0.15) is 0 Å². The number of carbonyl (C=O) groups excluding carboxylic acids is 1. The summed E-state index contributed by atoms with van der Waals surface area (Å²) in [5.74, 6) is 0. The van der Waals surface area contributed by atoms with E-state index in [-0.39, 0.29) is 16.4 Å². The number of amides is 2. The summed E-state index contributed by atoms with van der Waals surface area (Å²) in [5.41, 5.74) is 0.948. The Morgan fingerprint density at radius 1 is 1.27 bits per heavy atom. The monoisotopic (exact) mass is 383 g/mol. The van der Waals surface area contributed by atoms with Gasteiger partial charge < -0.3 is 10.6 Å². The van der Waals surface area contributed by atoms with Crippen LogP contribution < -0.4 is 10.6 Å². The van der Waals surface area contributed by atoms with Gasteiger partial charge in [-0.1, -0.05) is 39.7 Å². The maximum Gasteiger partial charge on any atom is 0.319 e. The molecule has 2 N–H and O–H groups in total. The molecule has 0 atom stereocenters. The maximum absolute atomic E-state index is 11.8. The lowest BCUT2D eigenvalue weighted by Crippen LogP contribution is -2.28. The SMILES string of the molecule is O=C(NCc1cccc(Br)c1)Nc1cc([N+](=O)[O-])ccc1Cl. The van der Waals surface area contributed by atoms with Crippen LogP contribution in [0, 0.1) is 10.1 Å². The molecule has 0 aromatic heterocycles. The number of urea groups is 1. The predicted molar refractivity (Wildman–Crippen MR) is 88.1 cm³/mol. The lowest BCUT2D eigenvalue weighted by Gasteiger charge is -2.09. The summed E-state index contributed by atoms with van der Waals surface area (Å²) >= 11 is 9.26. The minimum atomic E-state index is -0.555. The van der Waals surface area contributed by atoms with Crippen molar-refractivity contribution in [2.24, 2.45) is 0 Å².